The highest BCUT2D eigenvalue weighted by Gasteiger charge is 2.16. The smallest absolute Gasteiger partial charge is 0.254 e. The summed E-state index contributed by atoms with van der Waals surface area (Å²) in [7, 11) is 0. The Morgan fingerprint density at radius 3 is 2.75 bits per heavy atom. The molecule has 1 atom stereocenters. The van der Waals surface area contributed by atoms with Gasteiger partial charge in [0.2, 0.25) is 0 Å². The minimum atomic E-state index is -0.161. The van der Waals surface area contributed by atoms with Crippen LogP contribution in [-0.4, -0.2) is 33.4 Å². The standard InChI is InChI=1S/C15H19N3O2/c1-11(8-9-19)17-15(20)14-10-16-18(12(14)2)13-6-4-3-5-7-13/h3-7,10-11,19H,8-9H2,1-2H3,(H,17,20). The first-order valence-electron chi connectivity index (χ1n) is 6.65. The summed E-state index contributed by atoms with van der Waals surface area (Å²) in [5, 5.41) is 16.0. The van der Waals surface area contributed by atoms with Gasteiger partial charge in [0.25, 0.3) is 5.91 Å². The normalized spacial score (nSPS) is 12.2. The molecular formula is C15H19N3O2. The van der Waals surface area contributed by atoms with Crippen LogP contribution in [0.5, 0.6) is 0 Å². The summed E-state index contributed by atoms with van der Waals surface area (Å²) in [6.45, 7) is 3.79. The topological polar surface area (TPSA) is 67.2 Å². The average molecular weight is 273 g/mol. The van der Waals surface area contributed by atoms with Crippen LogP contribution in [0.1, 0.15) is 29.4 Å². The van der Waals surface area contributed by atoms with Gasteiger partial charge in [-0.3, -0.25) is 4.79 Å². The quantitative estimate of drug-likeness (QED) is 0.871. The van der Waals surface area contributed by atoms with Gasteiger partial charge in [0.05, 0.1) is 23.1 Å². The molecule has 2 N–H and O–H groups in total. The molecule has 1 unspecified atom stereocenters. The summed E-state index contributed by atoms with van der Waals surface area (Å²) in [5.41, 5.74) is 2.27. The lowest BCUT2D eigenvalue weighted by molar-refractivity contribution is 0.0934. The zero-order valence-electron chi connectivity index (χ0n) is 11.7. The van der Waals surface area contributed by atoms with E-state index in [2.05, 4.69) is 10.4 Å². The van der Waals surface area contributed by atoms with Crippen LogP contribution in [0.3, 0.4) is 0 Å². The molecule has 0 fully saturated rings. The predicted octanol–water partition coefficient (Wildman–Crippen LogP) is 1.68. The third-order valence-corrected chi connectivity index (χ3v) is 3.19. The summed E-state index contributed by atoms with van der Waals surface area (Å²) in [6.07, 6.45) is 2.11. The van der Waals surface area contributed by atoms with Crippen LogP contribution >= 0.6 is 0 Å². The van der Waals surface area contributed by atoms with E-state index >= 15 is 0 Å². The van der Waals surface area contributed by atoms with E-state index in [4.69, 9.17) is 5.11 Å². The molecule has 1 aromatic carbocycles. The summed E-state index contributed by atoms with van der Waals surface area (Å²) in [4.78, 5) is 12.1. The number of aliphatic hydroxyl groups excluding tert-OH is 1. The van der Waals surface area contributed by atoms with Crippen molar-refractivity contribution in [3.05, 3.63) is 47.8 Å². The molecule has 5 nitrogen and oxygen atoms in total. The van der Waals surface area contributed by atoms with Gasteiger partial charge in [-0.15, -0.1) is 0 Å². The number of rotatable bonds is 5. The van der Waals surface area contributed by atoms with Crippen LogP contribution in [0.2, 0.25) is 0 Å². The van der Waals surface area contributed by atoms with Crippen molar-refractivity contribution in [3.8, 4) is 5.69 Å². The van der Waals surface area contributed by atoms with Gasteiger partial charge in [-0.25, -0.2) is 4.68 Å². The van der Waals surface area contributed by atoms with Crippen molar-refractivity contribution >= 4 is 5.91 Å². The Bertz CT molecular complexity index is 578. The largest absolute Gasteiger partial charge is 0.396 e. The number of benzene rings is 1. The second-order valence-corrected chi connectivity index (χ2v) is 4.78. The minimum absolute atomic E-state index is 0.0592. The van der Waals surface area contributed by atoms with Crippen LogP contribution < -0.4 is 5.32 Å². The van der Waals surface area contributed by atoms with Gasteiger partial charge in [0.15, 0.2) is 0 Å². The van der Waals surface area contributed by atoms with Crippen LogP contribution in [0.15, 0.2) is 36.5 Å². The Kier molecular flexibility index (Phi) is 4.53. The number of nitrogens with zero attached hydrogens (tertiary/aromatic N) is 2. The van der Waals surface area contributed by atoms with Gasteiger partial charge in [0, 0.05) is 12.6 Å². The number of carbonyl (C=O) groups excluding carboxylic acids is 1. The highest BCUT2D eigenvalue weighted by molar-refractivity contribution is 5.95. The molecule has 2 aromatic rings. The first-order chi connectivity index (χ1) is 9.63. The number of nitrogens with one attached hydrogen (secondary N) is 1. The molecule has 1 aromatic heterocycles. The number of aromatic nitrogens is 2. The van der Waals surface area contributed by atoms with E-state index in [1.807, 2.05) is 44.2 Å². The summed E-state index contributed by atoms with van der Waals surface area (Å²) in [6, 6.07) is 9.62. The molecule has 0 saturated heterocycles. The van der Waals surface area contributed by atoms with Gasteiger partial charge in [0.1, 0.15) is 0 Å². The highest BCUT2D eigenvalue weighted by atomic mass is 16.3. The zero-order valence-corrected chi connectivity index (χ0v) is 11.7. The number of hydrogen-bond acceptors (Lipinski definition) is 3. The zero-order chi connectivity index (χ0) is 14.5. The first kappa shape index (κ1) is 14.3. The van der Waals surface area contributed by atoms with E-state index in [0.717, 1.165) is 11.4 Å². The molecule has 0 saturated carbocycles. The number of aliphatic hydroxyl groups is 1. The third kappa shape index (κ3) is 3.05. The van der Waals surface area contributed by atoms with Gasteiger partial charge >= 0.3 is 0 Å². The second-order valence-electron chi connectivity index (χ2n) is 4.78. The molecule has 0 spiro atoms. The molecule has 0 bridgehead atoms. The van der Waals surface area contributed by atoms with Crippen molar-refractivity contribution in [2.24, 2.45) is 0 Å². The third-order valence-electron chi connectivity index (χ3n) is 3.19. The molecule has 20 heavy (non-hydrogen) atoms. The Balaban J connectivity index is 2.19. The van der Waals surface area contributed by atoms with Crippen LogP contribution in [0, 0.1) is 6.92 Å². The van der Waals surface area contributed by atoms with Crippen molar-refractivity contribution in [2.45, 2.75) is 26.3 Å². The van der Waals surface area contributed by atoms with E-state index in [0.29, 0.717) is 12.0 Å². The predicted molar refractivity (Wildman–Crippen MR) is 76.9 cm³/mol. The summed E-state index contributed by atoms with van der Waals surface area (Å²) in [5.74, 6) is -0.161. The van der Waals surface area contributed by atoms with Crippen molar-refractivity contribution in [1.82, 2.24) is 15.1 Å². The van der Waals surface area contributed by atoms with E-state index in [1.54, 1.807) is 10.9 Å². The maximum atomic E-state index is 12.1. The molecule has 0 aliphatic rings. The molecule has 0 aliphatic carbocycles. The molecule has 1 amide bonds. The van der Waals surface area contributed by atoms with Crippen molar-refractivity contribution in [1.29, 1.82) is 0 Å². The lowest BCUT2D eigenvalue weighted by atomic mass is 10.2. The number of para-hydroxylation sites is 1. The maximum Gasteiger partial charge on any atom is 0.254 e. The summed E-state index contributed by atoms with van der Waals surface area (Å²) < 4.78 is 1.74. The maximum absolute atomic E-state index is 12.1. The van der Waals surface area contributed by atoms with Gasteiger partial charge < -0.3 is 10.4 Å². The van der Waals surface area contributed by atoms with E-state index < -0.39 is 0 Å². The molecule has 2 rings (SSSR count). The van der Waals surface area contributed by atoms with Crippen LogP contribution in [0.4, 0.5) is 0 Å². The van der Waals surface area contributed by atoms with E-state index in [1.165, 1.54) is 0 Å². The van der Waals surface area contributed by atoms with E-state index in [9.17, 15) is 4.79 Å². The average Bonchev–Trinajstić information content (AvgIpc) is 2.82. The van der Waals surface area contributed by atoms with Crippen molar-refractivity contribution in [2.75, 3.05) is 6.61 Å². The van der Waals surface area contributed by atoms with Gasteiger partial charge in [-0.1, -0.05) is 18.2 Å². The molecule has 5 heteroatoms. The summed E-state index contributed by atoms with van der Waals surface area (Å²) >= 11 is 0. The fraction of sp³-hybridized carbons (Fsp3) is 0.333. The van der Waals surface area contributed by atoms with Gasteiger partial charge in [-0.05, 0) is 32.4 Å². The van der Waals surface area contributed by atoms with E-state index in [-0.39, 0.29) is 18.6 Å². The number of hydrogen-bond donors (Lipinski definition) is 2. The molecule has 0 aliphatic heterocycles. The number of amides is 1. The monoisotopic (exact) mass is 273 g/mol. The molecule has 1 heterocycles. The van der Waals surface area contributed by atoms with Crippen molar-refractivity contribution in [3.63, 3.8) is 0 Å². The fourth-order valence-corrected chi connectivity index (χ4v) is 2.03. The Hall–Kier alpha value is -2.14. The molecule has 106 valence electrons. The van der Waals surface area contributed by atoms with Gasteiger partial charge in [-0.2, -0.15) is 5.10 Å². The lowest BCUT2D eigenvalue weighted by Gasteiger charge is -2.12. The Morgan fingerprint density at radius 1 is 1.40 bits per heavy atom. The molecule has 0 radical (unpaired) electrons. The Morgan fingerprint density at radius 2 is 2.10 bits per heavy atom. The van der Waals surface area contributed by atoms with Crippen LogP contribution in [-0.2, 0) is 0 Å². The van der Waals surface area contributed by atoms with Crippen molar-refractivity contribution < 1.29 is 9.90 Å². The highest BCUT2D eigenvalue weighted by Crippen LogP contribution is 2.14. The lowest BCUT2D eigenvalue weighted by Crippen LogP contribution is -2.33. The van der Waals surface area contributed by atoms with Crippen LogP contribution in [0.25, 0.3) is 5.69 Å². The Labute approximate surface area is 118 Å². The first-order valence-corrected chi connectivity index (χ1v) is 6.65. The second kappa shape index (κ2) is 6.34. The number of carbonyl (C=O) groups is 1. The molecular weight excluding hydrogens is 254 g/mol. The minimum Gasteiger partial charge on any atom is -0.396 e. The SMILES string of the molecule is Cc1c(C(=O)NC(C)CCO)cnn1-c1ccccc1. The fourth-order valence-electron chi connectivity index (χ4n) is 2.03.